The summed E-state index contributed by atoms with van der Waals surface area (Å²) in [6.45, 7) is 2.52. The molecule has 0 bridgehead atoms. The average Bonchev–Trinajstić information content (AvgIpc) is 1.30. The quantitative estimate of drug-likeness (QED) is 0.553. The van der Waals surface area contributed by atoms with Crippen molar-refractivity contribution in [2.45, 2.75) is 6.92 Å². The van der Waals surface area contributed by atoms with Gasteiger partial charge in [-0.25, -0.2) is 0 Å². The molecule has 0 aliphatic rings. The summed E-state index contributed by atoms with van der Waals surface area (Å²) in [5, 5.41) is 0. The first-order valence-corrected chi connectivity index (χ1v) is 7.60. The third kappa shape index (κ3) is 7.48. The lowest BCUT2D eigenvalue weighted by Crippen LogP contribution is -1.89. The van der Waals surface area contributed by atoms with Crippen molar-refractivity contribution >= 4 is 48.2 Å². The maximum absolute atomic E-state index is 4.93. The SMILES string of the molecule is CCOS(=S)(=S)I. The van der Waals surface area contributed by atoms with Crippen LogP contribution in [0.15, 0.2) is 0 Å². The first-order valence-electron chi connectivity index (χ1n) is 1.65. The van der Waals surface area contributed by atoms with Crippen LogP contribution in [0.25, 0.3) is 0 Å². The van der Waals surface area contributed by atoms with E-state index in [1.54, 1.807) is 0 Å². The van der Waals surface area contributed by atoms with E-state index in [1.165, 1.54) is 0 Å². The van der Waals surface area contributed by atoms with E-state index in [9.17, 15) is 0 Å². The molecule has 0 unspecified atom stereocenters. The van der Waals surface area contributed by atoms with Crippen LogP contribution in [0.5, 0.6) is 0 Å². The summed E-state index contributed by atoms with van der Waals surface area (Å²) in [6.07, 6.45) is 0. The summed E-state index contributed by atoms with van der Waals surface area (Å²) in [5.41, 5.74) is 0. The predicted octanol–water partition coefficient (Wildman–Crippen LogP) is 1.37. The van der Waals surface area contributed by atoms with Crippen LogP contribution >= 0.6 is 21.2 Å². The summed E-state index contributed by atoms with van der Waals surface area (Å²) in [6, 6.07) is 0. The highest BCUT2D eigenvalue weighted by molar-refractivity contribution is 14.2. The third-order valence-electron chi connectivity index (χ3n) is 0.259. The molecule has 0 aromatic rings. The fourth-order valence-electron chi connectivity index (χ4n) is 0.141. The van der Waals surface area contributed by atoms with Gasteiger partial charge in [-0.3, -0.25) is 0 Å². The third-order valence-corrected chi connectivity index (χ3v) is 2.12. The van der Waals surface area contributed by atoms with E-state index >= 15 is 0 Å². The van der Waals surface area contributed by atoms with Crippen LogP contribution in [0.1, 0.15) is 6.92 Å². The van der Waals surface area contributed by atoms with Crippen LogP contribution < -0.4 is 0 Å². The van der Waals surface area contributed by atoms with Gasteiger partial charge in [0.25, 0.3) is 0 Å². The molecule has 44 valence electrons. The van der Waals surface area contributed by atoms with Crippen LogP contribution in [0.2, 0.25) is 0 Å². The van der Waals surface area contributed by atoms with Crippen molar-refractivity contribution in [3.63, 3.8) is 0 Å². The summed E-state index contributed by atoms with van der Waals surface area (Å²) in [4.78, 5) is 0. The zero-order chi connectivity index (χ0) is 5.91. The van der Waals surface area contributed by atoms with E-state index < -0.39 is 4.60 Å². The van der Waals surface area contributed by atoms with Crippen molar-refractivity contribution in [2.75, 3.05) is 6.61 Å². The molecule has 0 aromatic heterocycles. The van der Waals surface area contributed by atoms with Gasteiger partial charge in [-0.2, -0.15) is 0 Å². The minimum atomic E-state index is -1.54. The molecule has 5 heteroatoms. The zero-order valence-electron chi connectivity index (χ0n) is 3.72. The predicted molar refractivity (Wildman–Crippen MR) is 47.7 cm³/mol. The molecule has 7 heavy (non-hydrogen) atoms. The van der Waals surface area contributed by atoms with Gasteiger partial charge in [-0.1, -0.05) is 0 Å². The fourth-order valence-corrected chi connectivity index (χ4v) is 1.76. The summed E-state index contributed by atoms with van der Waals surface area (Å²) in [7, 11) is 0. The number of halogens is 1. The Balaban J connectivity index is 3.60. The van der Waals surface area contributed by atoms with Gasteiger partial charge in [0.2, 0.25) is 0 Å². The molecule has 0 radical (unpaired) electrons. The summed E-state index contributed by atoms with van der Waals surface area (Å²) >= 11 is 11.5. The number of hydrogen-bond acceptors (Lipinski definition) is 3. The highest BCUT2D eigenvalue weighted by Gasteiger charge is 1.87. The zero-order valence-corrected chi connectivity index (χ0v) is 8.33. The molecule has 0 N–H and O–H groups in total. The maximum atomic E-state index is 4.93. The van der Waals surface area contributed by atoms with Gasteiger partial charge in [-0.05, 0) is 29.3 Å². The highest BCUT2D eigenvalue weighted by Crippen LogP contribution is 2.03. The Morgan fingerprint density at radius 1 is 1.71 bits per heavy atom. The molecule has 0 rings (SSSR count). The molecule has 0 saturated carbocycles. The Morgan fingerprint density at radius 2 is 2.14 bits per heavy atom. The van der Waals surface area contributed by atoms with Crippen LogP contribution in [0.4, 0.5) is 0 Å². The lowest BCUT2D eigenvalue weighted by Gasteiger charge is -1.96. The van der Waals surface area contributed by atoms with E-state index in [1.807, 2.05) is 28.1 Å². The van der Waals surface area contributed by atoms with Crippen molar-refractivity contribution in [2.24, 2.45) is 0 Å². The van der Waals surface area contributed by atoms with Gasteiger partial charge < -0.3 is 4.18 Å². The minimum Gasteiger partial charge on any atom is -0.303 e. The van der Waals surface area contributed by atoms with Gasteiger partial charge >= 0.3 is 0 Å². The first kappa shape index (κ1) is 8.48. The van der Waals surface area contributed by atoms with E-state index in [4.69, 9.17) is 26.6 Å². The molecule has 0 aromatic carbocycles. The molecule has 0 spiro atoms. The topological polar surface area (TPSA) is 9.23 Å². The largest absolute Gasteiger partial charge is 0.303 e. The highest BCUT2D eigenvalue weighted by atomic mass is 127. The normalized spacial score (nSPS) is 11.7. The second-order valence-corrected chi connectivity index (χ2v) is 12.6. The summed E-state index contributed by atoms with van der Waals surface area (Å²) in [5.74, 6) is 0. The summed E-state index contributed by atoms with van der Waals surface area (Å²) < 4.78 is 3.39. The Morgan fingerprint density at radius 3 is 2.14 bits per heavy atom. The Labute approximate surface area is 65.4 Å². The molecule has 1 nitrogen and oxygen atoms in total. The lowest BCUT2D eigenvalue weighted by molar-refractivity contribution is 0.404. The van der Waals surface area contributed by atoms with Crippen molar-refractivity contribution < 1.29 is 4.18 Å². The molecule has 0 atom stereocenters. The molecule has 0 heterocycles. The van der Waals surface area contributed by atoms with Crippen molar-refractivity contribution in [1.82, 2.24) is 0 Å². The van der Waals surface area contributed by atoms with Crippen molar-refractivity contribution in [3.8, 4) is 0 Å². The Bertz CT molecular complexity index is 126. The average molecular weight is 268 g/mol. The van der Waals surface area contributed by atoms with Crippen molar-refractivity contribution in [1.29, 1.82) is 0 Å². The Kier molecular flexibility index (Phi) is 4.23. The smallest absolute Gasteiger partial charge is 0.0742 e. The van der Waals surface area contributed by atoms with E-state index in [0.29, 0.717) is 6.61 Å². The van der Waals surface area contributed by atoms with Crippen LogP contribution in [0.3, 0.4) is 0 Å². The van der Waals surface area contributed by atoms with Crippen molar-refractivity contribution in [3.05, 3.63) is 0 Å². The second-order valence-electron chi connectivity index (χ2n) is 0.800. The fraction of sp³-hybridized carbons (Fsp3) is 1.00. The molecule has 0 saturated heterocycles. The van der Waals surface area contributed by atoms with Gasteiger partial charge in [0.05, 0.1) is 11.2 Å². The second kappa shape index (κ2) is 3.49. The minimum absolute atomic E-state index is 0.630. The molecule has 0 fully saturated rings. The van der Waals surface area contributed by atoms with E-state index in [0.717, 1.165) is 0 Å². The monoisotopic (exact) mass is 268 g/mol. The molecular weight excluding hydrogens is 263 g/mol. The van der Waals surface area contributed by atoms with Crippen LogP contribution in [-0.4, -0.2) is 6.61 Å². The van der Waals surface area contributed by atoms with Crippen LogP contribution in [-0.2, 0) is 31.2 Å². The first-order chi connectivity index (χ1) is 3.06. The number of rotatable bonds is 2. The molecule has 0 aliphatic carbocycles. The van der Waals surface area contributed by atoms with E-state index in [2.05, 4.69) is 0 Å². The maximum Gasteiger partial charge on any atom is 0.0742 e. The van der Waals surface area contributed by atoms with Crippen LogP contribution in [0, 0.1) is 0 Å². The van der Waals surface area contributed by atoms with Gasteiger partial charge in [0, 0.05) is 21.2 Å². The molecular formula is C2H5IOS3. The van der Waals surface area contributed by atoms with Gasteiger partial charge in [0.1, 0.15) is 0 Å². The standard InChI is InChI=1S/C2H5IOS3/c1-2-4-7(3,5)6/h2H2,1H3. The van der Waals surface area contributed by atoms with Gasteiger partial charge in [0.15, 0.2) is 0 Å². The Hall–Kier alpha value is 1.48. The van der Waals surface area contributed by atoms with E-state index in [-0.39, 0.29) is 0 Å². The molecule has 0 aliphatic heterocycles. The lowest BCUT2D eigenvalue weighted by atomic mass is 10.9. The number of hydrogen-bond donors (Lipinski definition) is 0. The van der Waals surface area contributed by atoms with Gasteiger partial charge in [-0.15, -0.1) is 0 Å². The molecule has 0 amide bonds.